The lowest BCUT2D eigenvalue weighted by Crippen LogP contribution is -2.18. The van der Waals surface area contributed by atoms with Gasteiger partial charge >= 0.3 is 0 Å². The molecule has 0 amide bonds. The summed E-state index contributed by atoms with van der Waals surface area (Å²) in [5.41, 5.74) is 0.813. The van der Waals surface area contributed by atoms with Crippen molar-refractivity contribution >= 4 is 0 Å². The Morgan fingerprint density at radius 3 is 2.65 bits per heavy atom. The predicted octanol–water partition coefficient (Wildman–Crippen LogP) is 4.06. The van der Waals surface area contributed by atoms with Crippen molar-refractivity contribution in [2.45, 2.75) is 44.6 Å². The zero-order chi connectivity index (χ0) is 12.1. The lowest BCUT2D eigenvalue weighted by atomic mass is 9.94. The molecular weight excluding hydrogens is 213 g/mol. The molecule has 0 radical (unpaired) electrons. The molecule has 1 nitrogen and oxygen atoms in total. The zero-order valence-electron chi connectivity index (χ0n) is 10.6. The summed E-state index contributed by atoms with van der Waals surface area (Å²) in [5.74, 6) is 0.788. The summed E-state index contributed by atoms with van der Waals surface area (Å²) in [6, 6.07) is 7.28. The van der Waals surface area contributed by atoms with Gasteiger partial charge in [0.15, 0.2) is 0 Å². The zero-order valence-corrected chi connectivity index (χ0v) is 10.6. The molecule has 1 aromatic carbocycles. The highest BCUT2D eigenvalue weighted by molar-refractivity contribution is 5.21. The van der Waals surface area contributed by atoms with Crippen molar-refractivity contribution < 1.29 is 4.39 Å². The normalized spacial score (nSPS) is 18.5. The molecule has 0 bridgehead atoms. The van der Waals surface area contributed by atoms with Crippen LogP contribution >= 0.6 is 0 Å². The van der Waals surface area contributed by atoms with Crippen LogP contribution in [-0.4, -0.2) is 7.05 Å². The first-order chi connectivity index (χ1) is 8.31. The summed E-state index contributed by atoms with van der Waals surface area (Å²) in [6.07, 6.45) is 7.77. The second-order valence-corrected chi connectivity index (χ2v) is 5.09. The van der Waals surface area contributed by atoms with Crippen LogP contribution in [0.1, 0.15) is 50.1 Å². The van der Waals surface area contributed by atoms with Crippen LogP contribution in [0.4, 0.5) is 4.39 Å². The predicted molar refractivity (Wildman–Crippen MR) is 69.4 cm³/mol. The fourth-order valence-corrected chi connectivity index (χ4v) is 2.91. The van der Waals surface area contributed by atoms with Crippen molar-refractivity contribution in [3.05, 3.63) is 35.6 Å². The average molecular weight is 235 g/mol. The molecule has 0 aliphatic heterocycles. The first-order valence-corrected chi connectivity index (χ1v) is 6.73. The molecule has 1 aromatic rings. The van der Waals surface area contributed by atoms with Crippen LogP contribution in [0.25, 0.3) is 0 Å². The SMILES string of the molecule is CNC(CCC1CCCC1)c1ccccc1F. The first kappa shape index (κ1) is 12.6. The average Bonchev–Trinajstić information content (AvgIpc) is 2.85. The van der Waals surface area contributed by atoms with Gasteiger partial charge in [-0.3, -0.25) is 0 Å². The van der Waals surface area contributed by atoms with Crippen molar-refractivity contribution in [2.24, 2.45) is 5.92 Å². The Bertz CT molecular complexity index is 345. The van der Waals surface area contributed by atoms with E-state index in [9.17, 15) is 4.39 Å². The molecule has 1 aliphatic carbocycles. The second kappa shape index (κ2) is 6.15. The molecule has 1 aliphatic rings. The van der Waals surface area contributed by atoms with Gasteiger partial charge in [0, 0.05) is 11.6 Å². The van der Waals surface area contributed by atoms with Crippen LogP contribution in [-0.2, 0) is 0 Å². The molecule has 94 valence electrons. The third kappa shape index (κ3) is 3.29. The molecular formula is C15H22FN. The fraction of sp³-hybridized carbons (Fsp3) is 0.600. The summed E-state index contributed by atoms with van der Waals surface area (Å²) in [5, 5.41) is 3.24. The van der Waals surface area contributed by atoms with Gasteiger partial charge in [0.1, 0.15) is 5.82 Å². The number of hydrogen-bond donors (Lipinski definition) is 1. The van der Waals surface area contributed by atoms with E-state index in [0.29, 0.717) is 0 Å². The maximum atomic E-state index is 13.7. The Morgan fingerprint density at radius 1 is 1.29 bits per heavy atom. The molecule has 1 fully saturated rings. The van der Waals surface area contributed by atoms with Crippen LogP contribution < -0.4 is 5.32 Å². The Kier molecular flexibility index (Phi) is 4.55. The van der Waals surface area contributed by atoms with E-state index in [1.807, 2.05) is 19.2 Å². The molecule has 2 heteroatoms. The van der Waals surface area contributed by atoms with Crippen LogP contribution in [0.3, 0.4) is 0 Å². The topological polar surface area (TPSA) is 12.0 Å². The summed E-state index contributed by atoms with van der Waals surface area (Å²) < 4.78 is 13.7. The maximum absolute atomic E-state index is 13.7. The maximum Gasteiger partial charge on any atom is 0.127 e. The highest BCUT2D eigenvalue weighted by Crippen LogP contribution is 2.31. The van der Waals surface area contributed by atoms with Crippen molar-refractivity contribution in [1.82, 2.24) is 5.32 Å². The van der Waals surface area contributed by atoms with Gasteiger partial charge < -0.3 is 5.32 Å². The van der Waals surface area contributed by atoms with Gasteiger partial charge in [0.25, 0.3) is 0 Å². The number of halogens is 1. The van der Waals surface area contributed by atoms with E-state index in [4.69, 9.17) is 0 Å². The largest absolute Gasteiger partial charge is 0.313 e. The lowest BCUT2D eigenvalue weighted by molar-refractivity contribution is 0.418. The van der Waals surface area contributed by atoms with Gasteiger partial charge in [0.2, 0.25) is 0 Å². The fourth-order valence-electron chi connectivity index (χ4n) is 2.91. The van der Waals surface area contributed by atoms with Crippen LogP contribution in [0.5, 0.6) is 0 Å². The molecule has 1 saturated carbocycles. The van der Waals surface area contributed by atoms with Gasteiger partial charge in [-0.05, 0) is 31.9 Å². The van der Waals surface area contributed by atoms with Crippen molar-refractivity contribution in [3.8, 4) is 0 Å². The smallest absolute Gasteiger partial charge is 0.127 e. The lowest BCUT2D eigenvalue weighted by Gasteiger charge is -2.19. The first-order valence-electron chi connectivity index (χ1n) is 6.73. The molecule has 1 unspecified atom stereocenters. The number of benzene rings is 1. The Hall–Kier alpha value is -0.890. The van der Waals surface area contributed by atoms with Gasteiger partial charge in [-0.25, -0.2) is 4.39 Å². The Balaban J connectivity index is 1.94. The van der Waals surface area contributed by atoms with E-state index in [1.165, 1.54) is 32.1 Å². The van der Waals surface area contributed by atoms with Crippen LogP contribution in [0, 0.1) is 11.7 Å². The second-order valence-electron chi connectivity index (χ2n) is 5.09. The summed E-state index contributed by atoms with van der Waals surface area (Å²) in [7, 11) is 1.92. The molecule has 17 heavy (non-hydrogen) atoms. The van der Waals surface area contributed by atoms with Gasteiger partial charge in [-0.2, -0.15) is 0 Å². The summed E-state index contributed by atoms with van der Waals surface area (Å²) in [6.45, 7) is 0. The van der Waals surface area contributed by atoms with Gasteiger partial charge in [0.05, 0.1) is 0 Å². The minimum absolute atomic E-state index is 0.0849. The van der Waals surface area contributed by atoms with Crippen molar-refractivity contribution in [3.63, 3.8) is 0 Å². The summed E-state index contributed by atoms with van der Waals surface area (Å²) in [4.78, 5) is 0. The summed E-state index contributed by atoms with van der Waals surface area (Å²) >= 11 is 0. The number of nitrogens with one attached hydrogen (secondary N) is 1. The van der Waals surface area contributed by atoms with E-state index >= 15 is 0 Å². The van der Waals surface area contributed by atoms with E-state index in [2.05, 4.69) is 5.32 Å². The van der Waals surface area contributed by atoms with E-state index < -0.39 is 0 Å². The van der Waals surface area contributed by atoms with E-state index in [-0.39, 0.29) is 11.9 Å². The van der Waals surface area contributed by atoms with E-state index in [1.54, 1.807) is 12.1 Å². The highest BCUT2D eigenvalue weighted by Gasteiger charge is 2.18. The van der Waals surface area contributed by atoms with Crippen molar-refractivity contribution in [2.75, 3.05) is 7.05 Å². The Morgan fingerprint density at radius 2 is 2.00 bits per heavy atom. The highest BCUT2D eigenvalue weighted by atomic mass is 19.1. The molecule has 0 aromatic heterocycles. The molecule has 0 heterocycles. The Labute approximate surface area is 103 Å². The van der Waals surface area contributed by atoms with Crippen LogP contribution in [0.15, 0.2) is 24.3 Å². The van der Waals surface area contributed by atoms with Gasteiger partial charge in [-0.15, -0.1) is 0 Å². The molecule has 2 rings (SSSR count). The van der Waals surface area contributed by atoms with Crippen LogP contribution in [0.2, 0.25) is 0 Å². The molecule has 1 N–H and O–H groups in total. The quantitative estimate of drug-likeness (QED) is 0.811. The standard InChI is InChI=1S/C15H22FN/c1-17-15(11-10-12-6-2-3-7-12)13-8-4-5-9-14(13)16/h4-5,8-9,12,15,17H,2-3,6-7,10-11H2,1H3. The molecule has 0 saturated heterocycles. The monoisotopic (exact) mass is 235 g/mol. The third-order valence-electron chi connectivity index (χ3n) is 3.97. The minimum Gasteiger partial charge on any atom is -0.313 e. The van der Waals surface area contributed by atoms with Crippen molar-refractivity contribution in [1.29, 1.82) is 0 Å². The third-order valence-corrected chi connectivity index (χ3v) is 3.97. The molecule has 0 spiro atoms. The van der Waals surface area contributed by atoms with E-state index in [0.717, 1.165) is 17.9 Å². The molecule has 1 atom stereocenters. The number of hydrogen-bond acceptors (Lipinski definition) is 1. The minimum atomic E-state index is -0.0849. The van der Waals surface area contributed by atoms with Gasteiger partial charge in [-0.1, -0.05) is 43.9 Å². The number of rotatable bonds is 5.